The van der Waals surface area contributed by atoms with E-state index in [0.29, 0.717) is 29.2 Å². The highest BCUT2D eigenvalue weighted by atomic mass is 35.5. The van der Waals surface area contributed by atoms with Crippen LogP contribution in [0.15, 0.2) is 33.5 Å². The Kier molecular flexibility index (Phi) is 5.39. The van der Waals surface area contributed by atoms with Gasteiger partial charge in [0.15, 0.2) is 0 Å². The molecular weight excluding hydrogens is 394 g/mol. The Morgan fingerprint density at radius 1 is 1.14 bits per heavy atom. The topological polar surface area (TPSA) is 80.9 Å². The maximum absolute atomic E-state index is 12.4. The Bertz CT molecular complexity index is 1140. The number of hydrogen-bond acceptors (Lipinski definition) is 6. The molecule has 0 saturated heterocycles. The zero-order valence-corrected chi connectivity index (χ0v) is 17.1. The van der Waals surface area contributed by atoms with E-state index >= 15 is 0 Å². The van der Waals surface area contributed by atoms with Gasteiger partial charge in [0.1, 0.15) is 22.8 Å². The second-order valence-electron chi connectivity index (χ2n) is 7.04. The van der Waals surface area contributed by atoms with Crippen molar-refractivity contribution in [3.05, 3.63) is 62.0 Å². The van der Waals surface area contributed by atoms with E-state index in [1.165, 1.54) is 0 Å². The fourth-order valence-electron chi connectivity index (χ4n) is 3.92. The van der Waals surface area contributed by atoms with Gasteiger partial charge >= 0.3 is 5.63 Å². The largest absolute Gasteiger partial charge is 0.506 e. The summed E-state index contributed by atoms with van der Waals surface area (Å²) < 4.78 is 16.2. The van der Waals surface area contributed by atoms with Crippen LogP contribution in [0.1, 0.15) is 28.7 Å². The molecule has 7 heteroatoms. The van der Waals surface area contributed by atoms with Gasteiger partial charge < -0.3 is 24.3 Å². The maximum atomic E-state index is 12.4. The second-order valence-corrected chi connectivity index (χ2v) is 7.45. The summed E-state index contributed by atoms with van der Waals surface area (Å²) in [5, 5.41) is 14.9. The van der Waals surface area contributed by atoms with E-state index in [0.717, 1.165) is 41.3 Å². The molecule has 1 aliphatic rings. The molecule has 1 aliphatic carbocycles. The van der Waals surface area contributed by atoms with Crippen molar-refractivity contribution in [3.63, 3.8) is 0 Å². The van der Waals surface area contributed by atoms with Gasteiger partial charge in [0.2, 0.25) is 0 Å². The summed E-state index contributed by atoms with van der Waals surface area (Å²) in [6, 6.07) is 7.27. The lowest BCUT2D eigenvalue weighted by molar-refractivity contribution is 0.389. The van der Waals surface area contributed by atoms with E-state index in [1.54, 1.807) is 20.3 Å². The molecule has 2 aromatic carbocycles. The average Bonchev–Trinajstić information content (AvgIpc) is 3.23. The van der Waals surface area contributed by atoms with Gasteiger partial charge in [-0.3, -0.25) is 0 Å². The van der Waals surface area contributed by atoms with Gasteiger partial charge in [-0.1, -0.05) is 17.7 Å². The van der Waals surface area contributed by atoms with Crippen molar-refractivity contribution >= 4 is 22.6 Å². The summed E-state index contributed by atoms with van der Waals surface area (Å²) in [7, 11) is 3.20. The number of ether oxygens (including phenoxy) is 2. The molecule has 0 aliphatic heterocycles. The molecule has 0 fully saturated rings. The SMILES string of the molecule is COc1ccc(CNCc2c(O)c(Cl)cc3c4c(c(=O)oc23)CCC4)c(OC)c1. The molecular formula is C22H22ClNO5. The van der Waals surface area contributed by atoms with Gasteiger partial charge in [0, 0.05) is 35.7 Å². The van der Waals surface area contributed by atoms with Crippen molar-refractivity contribution in [3.8, 4) is 17.2 Å². The van der Waals surface area contributed by atoms with Crippen LogP contribution in [-0.4, -0.2) is 19.3 Å². The lowest BCUT2D eigenvalue weighted by Gasteiger charge is -2.14. The van der Waals surface area contributed by atoms with Crippen molar-refractivity contribution < 1.29 is 19.0 Å². The third-order valence-electron chi connectivity index (χ3n) is 5.40. The number of hydrogen-bond donors (Lipinski definition) is 2. The number of rotatable bonds is 6. The van der Waals surface area contributed by atoms with E-state index in [9.17, 15) is 9.90 Å². The third kappa shape index (κ3) is 3.54. The number of phenols is 1. The molecule has 152 valence electrons. The maximum Gasteiger partial charge on any atom is 0.339 e. The Balaban J connectivity index is 1.66. The van der Waals surface area contributed by atoms with Crippen LogP contribution in [-0.2, 0) is 25.9 Å². The quantitative estimate of drug-likeness (QED) is 0.593. The van der Waals surface area contributed by atoms with Crippen molar-refractivity contribution in [1.82, 2.24) is 5.32 Å². The number of aryl methyl sites for hydroxylation is 1. The first-order chi connectivity index (χ1) is 14.0. The molecule has 0 spiro atoms. The first kappa shape index (κ1) is 19.6. The zero-order chi connectivity index (χ0) is 20.5. The van der Waals surface area contributed by atoms with Crippen LogP contribution >= 0.6 is 11.6 Å². The zero-order valence-electron chi connectivity index (χ0n) is 16.3. The fraction of sp³-hybridized carbons (Fsp3) is 0.318. The van der Waals surface area contributed by atoms with E-state index in [2.05, 4.69) is 5.32 Å². The van der Waals surface area contributed by atoms with Crippen LogP contribution in [0.4, 0.5) is 0 Å². The number of halogens is 1. The van der Waals surface area contributed by atoms with Gasteiger partial charge in [-0.2, -0.15) is 0 Å². The van der Waals surface area contributed by atoms with Gasteiger partial charge in [-0.05, 0) is 37.0 Å². The summed E-state index contributed by atoms with van der Waals surface area (Å²) in [6.45, 7) is 0.760. The fourth-order valence-corrected chi connectivity index (χ4v) is 4.14. The Morgan fingerprint density at radius 3 is 2.69 bits per heavy atom. The van der Waals surface area contributed by atoms with Crippen LogP contribution in [0, 0.1) is 0 Å². The second kappa shape index (κ2) is 7.97. The van der Waals surface area contributed by atoms with E-state index in [4.69, 9.17) is 25.5 Å². The normalized spacial score (nSPS) is 12.9. The summed E-state index contributed by atoms with van der Waals surface area (Å²) >= 11 is 6.28. The van der Waals surface area contributed by atoms with Crippen molar-refractivity contribution in [2.75, 3.05) is 14.2 Å². The number of nitrogens with one attached hydrogen (secondary N) is 1. The molecule has 0 atom stereocenters. The summed E-state index contributed by atoms with van der Waals surface area (Å²) in [5.41, 5.74) is 3.18. The molecule has 4 rings (SSSR count). The minimum Gasteiger partial charge on any atom is -0.506 e. The van der Waals surface area contributed by atoms with Gasteiger partial charge in [0.05, 0.1) is 24.8 Å². The Morgan fingerprint density at radius 2 is 1.93 bits per heavy atom. The van der Waals surface area contributed by atoms with Crippen LogP contribution in [0.3, 0.4) is 0 Å². The summed E-state index contributed by atoms with van der Waals surface area (Å²) in [4.78, 5) is 12.4. The molecule has 0 amide bonds. The summed E-state index contributed by atoms with van der Waals surface area (Å²) in [6.07, 6.45) is 2.45. The highest BCUT2D eigenvalue weighted by Crippen LogP contribution is 2.38. The molecule has 29 heavy (non-hydrogen) atoms. The minimum atomic E-state index is -0.329. The molecule has 0 saturated carbocycles. The van der Waals surface area contributed by atoms with Gasteiger partial charge in [-0.15, -0.1) is 0 Å². The highest BCUT2D eigenvalue weighted by Gasteiger charge is 2.23. The lowest BCUT2D eigenvalue weighted by atomic mass is 10.0. The predicted molar refractivity (Wildman–Crippen MR) is 111 cm³/mol. The average molecular weight is 416 g/mol. The molecule has 0 unspecified atom stereocenters. The monoisotopic (exact) mass is 415 g/mol. The van der Waals surface area contributed by atoms with E-state index in [-0.39, 0.29) is 22.9 Å². The smallest absolute Gasteiger partial charge is 0.339 e. The molecule has 0 bridgehead atoms. The highest BCUT2D eigenvalue weighted by molar-refractivity contribution is 6.33. The van der Waals surface area contributed by atoms with Crippen LogP contribution < -0.4 is 20.4 Å². The Labute approximate surface area is 173 Å². The Hall–Kier alpha value is -2.70. The standard InChI is InChI=1S/C22H22ClNO5/c1-27-13-7-6-12(19(8-13)28-2)10-24-11-17-20(25)18(23)9-16-14-4-3-5-15(14)22(26)29-21(16)17/h6-9,24-25H,3-5,10-11H2,1-2H3. The third-order valence-corrected chi connectivity index (χ3v) is 5.69. The van der Waals surface area contributed by atoms with Crippen molar-refractivity contribution in [2.45, 2.75) is 32.4 Å². The lowest BCUT2D eigenvalue weighted by Crippen LogP contribution is -2.15. The number of methoxy groups -OCH3 is 2. The number of benzene rings is 2. The van der Waals surface area contributed by atoms with E-state index in [1.807, 2.05) is 18.2 Å². The van der Waals surface area contributed by atoms with Crippen LogP contribution in [0.2, 0.25) is 5.02 Å². The van der Waals surface area contributed by atoms with Gasteiger partial charge in [-0.25, -0.2) is 4.79 Å². The first-order valence-electron chi connectivity index (χ1n) is 9.44. The van der Waals surface area contributed by atoms with Crippen molar-refractivity contribution in [2.24, 2.45) is 0 Å². The number of phenolic OH excluding ortho intramolecular Hbond substituents is 1. The molecule has 3 aromatic rings. The number of fused-ring (bicyclic) bond motifs is 3. The first-order valence-corrected chi connectivity index (χ1v) is 9.81. The minimum absolute atomic E-state index is 0.0746. The van der Waals surface area contributed by atoms with Crippen LogP contribution in [0.5, 0.6) is 17.2 Å². The van der Waals surface area contributed by atoms with Crippen molar-refractivity contribution in [1.29, 1.82) is 0 Å². The van der Waals surface area contributed by atoms with Crippen LogP contribution in [0.25, 0.3) is 11.0 Å². The molecule has 1 heterocycles. The predicted octanol–water partition coefficient (Wildman–Crippen LogP) is 3.95. The number of aromatic hydroxyl groups is 1. The molecule has 1 aromatic heterocycles. The molecule has 6 nitrogen and oxygen atoms in total. The molecule has 2 N–H and O–H groups in total. The summed E-state index contributed by atoms with van der Waals surface area (Å²) in [5.74, 6) is 1.33. The molecule has 0 radical (unpaired) electrons. The van der Waals surface area contributed by atoms with E-state index < -0.39 is 0 Å². The van der Waals surface area contributed by atoms with Gasteiger partial charge in [0.25, 0.3) is 0 Å².